The summed E-state index contributed by atoms with van der Waals surface area (Å²) in [6, 6.07) is 1.53. The monoisotopic (exact) mass is 256 g/mol. The average molecular weight is 256 g/mol. The van der Waals surface area contributed by atoms with E-state index in [1.165, 1.54) is 56.8 Å². The van der Waals surface area contributed by atoms with Crippen molar-refractivity contribution < 1.29 is 0 Å². The Kier molecular flexibility index (Phi) is 5.64. The molecule has 0 spiro atoms. The summed E-state index contributed by atoms with van der Waals surface area (Å²) in [4.78, 5) is 2.79. The molecule has 3 unspecified atom stereocenters. The summed E-state index contributed by atoms with van der Waals surface area (Å²) in [6.45, 7) is 8.48. The first-order valence-corrected chi connectivity index (χ1v) is 8.54. The summed E-state index contributed by atoms with van der Waals surface area (Å²) in [5, 5.41) is 3.73. The second kappa shape index (κ2) is 7.01. The minimum Gasteiger partial charge on any atom is -0.311 e. The molecule has 0 aromatic heterocycles. The molecule has 0 radical (unpaired) electrons. The second-order valence-electron chi connectivity index (χ2n) is 5.64. The van der Waals surface area contributed by atoms with Gasteiger partial charge >= 0.3 is 0 Å². The van der Waals surface area contributed by atoms with Crippen LogP contribution in [0.3, 0.4) is 0 Å². The average Bonchev–Trinajstić information content (AvgIpc) is 2.83. The summed E-state index contributed by atoms with van der Waals surface area (Å²) in [7, 11) is 0. The van der Waals surface area contributed by atoms with E-state index in [1.807, 2.05) is 0 Å². The van der Waals surface area contributed by atoms with E-state index in [9.17, 15) is 0 Å². The SMILES string of the molecule is CCCC1CN(CC2CCSC2)C(CC)CN1. The Bertz CT molecular complexity index is 216. The van der Waals surface area contributed by atoms with Crippen LogP contribution in [0.2, 0.25) is 0 Å². The van der Waals surface area contributed by atoms with Crippen molar-refractivity contribution in [2.24, 2.45) is 5.92 Å². The molecule has 0 bridgehead atoms. The van der Waals surface area contributed by atoms with Crippen molar-refractivity contribution >= 4 is 11.8 Å². The normalized spacial score (nSPS) is 35.3. The Balaban J connectivity index is 1.85. The van der Waals surface area contributed by atoms with E-state index in [0.717, 1.165) is 18.0 Å². The number of nitrogens with one attached hydrogen (secondary N) is 1. The molecule has 17 heavy (non-hydrogen) atoms. The molecule has 3 heteroatoms. The van der Waals surface area contributed by atoms with Crippen LogP contribution in [-0.2, 0) is 0 Å². The quantitative estimate of drug-likeness (QED) is 0.814. The van der Waals surface area contributed by atoms with Crippen molar-refractivity contribution in [3.63, 3.8) is 0 Å². The van der Waals surface area contributed by atoms with Gasteiger partial charge in [-0.3, -0.25) is 4.90 Å². The van der Waals surface area contributed by atoms with Crippen LogP contribution in [0.1, 0.15) is 39.5 Å². The summed E-state index contributed by atoms with van der Waals surface area (Å²) in [5.74, 6) is 3.76. The molecule has 2 aliphatic heterocycles. The van der Waals surface area contributed by atoms with Gasteiger partial charge in [0, 0.05) is 31.7 Å². The Morgan fingerprint density at radius 1 is 1.35 bits per heavy atom. The Morgan fingerprint density at radius 2 is 2.24 bits per heavy atom. The molecule has 100 valence electrons. The molecular weight excluding hydrogens is 228 g/mol. The number of rotatable bonds is 5. The van der Waals surface area contributed by atoms with Crippen molar-refractivity contribution in [2.45, 2.75) is 51.6 Å². The van der Waals surface area contributed by atoms with Gasteiger partial charge in [0.15, 0.2) is 0 Å². The van der Waals surface area contributed by atoms with Gasteiger partial charge in [0.2, 0.25) is 0 Å². The van der Waals surface area contributed by atoms with E-state index in [4.69, 9.17) is 0 Å². The maximum absolute atomic E-state index is 3.73. The first-order chi connectivity index (χ1) is 8.33. The van der Waals surface area contributed by atoms with Gasteiger partial charge < -0.3 is 5.32 Å². The molecule has 0 amide bonds. The first kappa shape index (κ1) is 13.7. The van der Waals surface area contributed by atoms with Gasteiger partial charge in [-0.15, -0.1) is 0 Å². The van der Waals surface area contributed by atoms with E-state index in [1.54, 1.807) is 0 Å². The van der Waals surface area contributed by atoms with Crippen LogP contribution >= 0.6 is 11.8 Å². The topological polar surface area (TPSA) is 15.3 Å². The number of thioether (sulfide) groups is 1. The zero-order valence-corrected chi connectivity index (χ0v) is 12.3. The molecule has 2 fully saturated rings. The fourth-order valence-corrected chi connectivity index (χ4v) is 4.43. The second-order valence-corrected chi connectivity index (χ2v) is 6.79. The van der Waals surface area contributed by atoms with Crippen molar-refractivity contribution in [3.05, 3.63) is 0 Å². The van der Waals surface area contributed by atoms with Gasteiger partial charge in [-0.2, -0.15) is 11.8 Å². The summed E-state index contributed by atoms with van der Waals surface area (Å²) >= 11 is 2.15. The first-order valence-electron chi connectivity index (χ1n) is 7.38. The van der Waals surface area contributed by atoms with E-state index in [-0.39, 0.29) is 0 Å². The Labute approximate surface area is 111 Å². The fraction of sp³-hybridized carbons (Fsp3) is 1.00. The molecule has 1 N–H and O–H groups in total. The molecule has 2 heterocycles. The van der Waals surface area contributed by atoms with Crippen LogP contribution in [0.4, 0.5) is 0 Å². The lowest BCUT2D eigenvalue weighted by Crippen LogP contribution is -2.57. The molecule has 0 saturated carbocycles. The minimum absolute atomic E-state index is 0.747. The lowest BCUT2D eigenvalue weighted by molar-refractivity contribution is 0.108. The molecule has 2 nitrogen and oxygen atoms in total. The van der Waals surface area contributed by atoms with Crippen molar-refractivity contribution in [1.29, 1.82) is 0 Å². The fourth-order valence-electron chi connectivity index (χ4n) is 3.16. The van der Waals surface area contributed by atoms with E-state index in [2.05, 4.69) is 35.8 Å². The molecule has 3 atom stereocenters. The third kappa shape index (κ3) is 3.87. The lowest BCUT2D eigenvalue weighted by Gasteiger charge is -2.41. The maximum atomic E-state index is 3.73. The summed E-state index contributed by atoms with van der Waals surface area (Å²) in [5.41, 5.74) is 0. The summed E-state index contributed by atoms with van der Waals surface area (Å²) in [6.07, 6.45) is 5.39. The van der Waals surface area contributed by atoms with Gasteiger partial charge in [-0.25, -0.2) is 0 Å². The molecule has 2 saturated heterocycles. The number of nitrogens with zero attached hydrogens (tertiary/aromatic N) is 1. The van der Waals surface area contributed by atoms with Gasteiger partial charge in [0.05, 0.1) is 0 Å². The third-order valence-electron chi connectivity index (χ3n) is 4.24. The van der Waals surface area contributed by atoms with Gasteiger partial charge in [0.1, 0.15) is 0 Å². The zero-order valence-electron chi connectivity index (χ0n) is 11.5. The van der Waals surface area contributed by atoms with Crippen LogP contribution in [0.25, 0.3) is 0 Å². The van der Waals surface area contributed by atoms with Crippen LogP contribution in [0.15, 0.2) is 0 Å². The highest BCUT2D eigenvalue weighted by Gasteiger charge is 2.28. The van der Waals surface area contributed by atoms with Crippen molar-refractivity contribution in [2.75, 3.05) is 31.1 Å². The highest BCUT2D eigenvalue weighted by molar-refractivity contribution is 7.99. The largest absolute Gasteiger partial charge is 0.311 e. The van der Waals surface area contributed by atoms with E-state index in [0.29, 0.717) is 0 Å². The Morgan fingerprint density at radius 3 is 2.88 bits per heavy atom. The van der Waals surface area contributed by atoms with E-state index < -0.39 is 0 Å². The van der Waals surface area contributed by atoms with Crippen molar-refractivity contribution in [3.8, 4) is 0 Å². The third-order valence-corrected chi connectivity index (χ3v) is 5.47. The molecule has 0 aliphatic carbocycles. The summed E-state index contributed by atoms with van der Waals surface area (Å²) < 4.78 is 0. The van der Waals surface area contributed by atoms with E-state index >= 15 is 0 Å². The van der Waals surface area contributed by atoms with Crippen molar-refractivity contribution in [1.82, 2.24) is 10.2 Å². The van der Waals surface area contributed by atoms with Gasteiger partial charge in [-0.05, 0) is 36.7 Å². The van der Waals surface area contributed by atoms with Crippen LogP contribution in [-0.4, -0.2) is 48.1 Å². The van der Waals surface area contributed by atoms with Gasteiger partial charge in [0.25, 0.3) is 0 Å². The highest BCUT2D eigenvalue weighted by atomic mass is 32.2. The van der Waals surface area contributed by atoms with Crippen LogP contribution in [0.5, 0.6) is 0 Å². The highest BCUT2D eigenvalue weighted by Crippen LogP contribution is 2.26. The predicted molar refractivity (Wildman–Crippen MR) is 77.8 cm³/mol. The Hall–Kier alpha value is 0.270. The van der Waals surface area contributed by atoms with Gasteiger partial charge in [-0.1, -0.05) is 20.3 Å². The number of hydrogen-bond donors (Lipinski definition) is 1. The van der Waals surface area contributed by atoms with Crippen LogP contribution in [0, 0.1) is 5.92 Å². The maximum Gasteiger partial charge on any atom is 0.0218 e. The minimum atomic E-state index is 0.747. The standard InChI is InChI=1S/C14H28N2S/c1-3-5-13-10-16(14(4-2)8-15-13)9-12-6-7-17-11-12/h12-15H,3-11H2,1-2H3. The molecule has 2 aliphatic rings. The molecule has 0 aromatic rings. The number of piperazine rings is 1. The smallest absolute Gasteiger partial charge is 0.0218 e. The number of hydrogen-bond acceptors (Lipinski definition) is 3. The molecular formula is C14H28N2S. The molecule has 2 rings (SSSR count). The van der Waals surface area contributed by atoms with Crippen LogP contribution < -0.4 is 5.32 Å². The predicted octanol–water partition coefficient (Wildman–Crippen LogP) is 2.59. The zero-order chi connectivity index (χ0) is 12.1. The lowest BCUT2D eigenvalue weighted by atomic mass is 10.0. The molecule has 0 aromatic carbocycles.